The molecule has 1 nitrogen and oxygen atoms in total. The highest BCUT2D eigenvalue weighted by Crippen LogP contribution is 2.44. The summed E-state index contributed by atoms with van der Waals surface area (Å²) in [5.74, 6) is 0. The topological polar surface area (TPSA) is 12.0 Å². The molecule has 0 aliphatic carbocycles. The molecule has 0 saturated carbocycles. The molecule has 0 heterocycles. The number of nitrogens with one attached hydrogen (secondary N) is 1. The Hall–Kier alpha value is -0.440. The van der Waals surface area contributed by atoms with Gasteiger partial charge >= 0.3 is 0 Å². The van der Waals surface area contributed by atoms with Crippen LogP contribution in [0.25, 0.3) is 11.1 Å². The van der Waals surface area contributed by atoms with E-state index in [2.05, 4.69) is 5.32 Å². The molecule has 2 aromatic rings. The number of hydrogen-bond donors (Lipinski definition) is 1. The molecule has 0 saturated heterocycles. The van der Waals surface area contributed by atoms with Crippen molar-refractivity contribution in [3.63, 3.8) is 0 Å². The Bertz CT molecular complexity index is 584. The van der Waals surface area contributed by atoms with Gasteiger partial charge in [-0.1, -0.05) is 70.7 Å². The van der Waals surface area contributed by atoms with Crippen molar-refractivity contribution in [1.29, 1.82) is 0 Å². The molecule has 0 spiro atoms. The number of benzene rings is 2. The fourth-order valence-electron chi connectivity index (χ4n) is 1.92. The summed E-state index contributed by atoms with van der Waals surface area (Å²) in [7, 11) is 1.88. The largest absolute Gasteiger partial charge is 0.316 e. The van der Waals surface area contributed by atoms with Crippen molar-refractivity contribution in [3.8, 4) is 11.1 Å². The normalized spacial score (nSPS) is 10.8. The van der Waals surface area contributed by atoms with E-state index in [9.17, 15) is 0 Å². The molecule has 2 aromatic carbocycles. The van der Waals surface area contributed by atoms with Gasteiger partial charge in [0.05, 0.1) is 20.1 Å². The van der Waals surface area contributed by atoms with Crippen LogP contribution in [0.5, 0.6) is 0 Å². The van der Waals surface area contributed by atoms with Crippen molar-refractivity contribution in [2.45, 2.75) is 6.54 Å². The second-order valence-electron chi connectivity index (χ2n) is 4.03. The molecule has 0 atom stereocenters. The molecule has 2 rings (SSSR count). The summed E-state index contributed by atoms with van der Waals surface area (Å²) in [6.45, 7) is 0.701. The first-order chi connectivity index (χ1) is 9.06. The van der Waals surface area contributed by atoms with Gasteiger partial charge in [-0.25, -0.2) is 0 Å². The van der Waals surface area contributed by atoms with Crippen molar-refractivity contribution in [1.82, 2.24) is 5.32 Å². The van der Waals surface area contributed by atoms with Crippen LogP contribution in [-0.4, -0.2) is 7.05 Å². The number of rotatable bonds is 3. The molecule has 100 valence electrons. The molecule has 0 radical (unpaired) electrons. The van der Waals surface area contributed by atoms with Crippen LogP contribution in [0.15, 0.2) is 30.3 Å². The zero-order valence-electron chi connectivity index (χ0n) is 10.1. The van der Waals surface area contributed by atoms with E-state index in [1.54, 1.807) is 6.07 Å². The smallest absolute Gasteiger partial charge is 0.0686 e. The highest BCUT2D eigenvalue weighted by molar-refractivity contribution is 6.50. The maximum Gasteiger partial charge on any atom is 0.0686 e. The van der Waals surface area contributed by atoms with E-state index < -0.39 is 0 Å². The lowest BCUT2D eigenvalue weighted by atomic mass is 9.99. The SMILES string of the molecule is CNCc1ccccc1-c1c(Cl)c(Cl)cc(Cl)c1Cl. The predicted octanol–water partition coefficient (Wildman–Crippen LogP) is 5.69. The summed E-state index contributed by atoms with van der Waals surface area (Å²) < 4.78 is 0. The fraction of sp³-hybridized carbons (Fsp3) is 0.143. The lowest BCUT2D eigenvalue weighted by Crippen LogP contribution is -2.06. The lowest BCUT2D eigenvalue weighted by Gasteiger charge is -2.14. The average molecular weight is 335 g/mol. The summed E-state index contributed by atoms with van der Waals surface area (Å²) in [4.78, 5) is 0. The van der Waals surface area contributed by atoms with E-state index in [0.717, 1.165) is 11.1 Å². The maximum atomic E-state index is 6.28. The minimum absolute atomic E-state index is 0.394. The van der Waals surface area contributed by atoms with Gasteiger partial charge in [0.15, 0.2) is 0 Å². The minimum atomic E-state index is 0.394. The van der Waals surface area contributed by atoms with Crippen LogP contribution >= 0.6 is 46.4 Å². The minimum Gasteiger partial charge on any atom is -0.316 e. The van der Waals surface area contributed by atoms with Crippen LogP contribution in [0, 0.1) is 0 Å². The van der Waals surface area contributed by atoms with Crippen LogP contribution in [0.3, 0.4) is 0 Å². The van der Waals surface area contributed by atoms with Crippen molar-refractivity contribution in [2.75, 3.05) is 7.05 Å². The van der Waals surface area contributed by atoms with Crippen LogP contribution in [0.2, 0.25) is 20.1 Å². The highest BCUT2D eigenvalue weighted by atomic mass is 35.5. The van der Waals surface area contributed by atoms with Gasteiger partial charge < -0.3 is 5.32 Å². The summed E-state index contributed by atoms with van der Waals surface area (Å²) >= 11 is 24.7. The van der Waals surface area contributed by atoms with Gasteiger partial charge in [-0.15, -0.1) is 0 Å². The third-order valence-corrected chi connectivity index (χ3v) is 4.34. The van der Waals surface area contributed by atoms with Gasteiger partial charge in [0.2, 0.25) is 0 Å². The average Bonchev–Trinajstić information content (AvgIpc) is 2.39. The van der Waals surface area contributed by atoms with Crippen LogP contribution in [0.4, 0.5) is 0 Å². The van der Waals surface area contributed by atoms with E-state index in [4.69, 9.17) is 46.4 Å². The van der Waals surface area contributed by atoms with E-state index in [1.807, 2.05) is 31.3 Å². The van der Waals surface area contributed by atoms with Crippen LogP contribution in [-0.2, 0) is 6.54 Å². The van der Waals surface area contributed by atoms with Crippen molar-refractivity contribution in [3.05, 3.63) is 56.0 Å². The van der Waals surface area contributed by atoms with Gasteiger partial charge in [-0.05, 0) is 24.2 Å². The van der Waals surface area contributed by atoms with Gasteiger partial charge in [-0.3, -0.25) is 0 Å². The predicted molar refractivity (Wildman–Crippen MR) is 84.7 cm³/mol. The Kier molecular flexibility index (Phi) is 4.99. The summed E-state index contributed by atoms with van der Waals surface area (Å²) in [6, 6.07) is 9.40. The molecule has 19 heavy (non-hydrogen) atoms. The first-order valence-electron chi connectivity index (χ1n) is 5.62. The molecule has 0 aliphatic heterocycles. The van der Waals surface area contributed by atoms with Crippen molar-refractivity contribution >= 4 is 46.4 Å². The summed E-state index contributed by atoms with van der Waals surface area (Å²) in [6.07, 6.45) is 0. The first kappa shape index (κ1) is 15.0. The molecule has 1 N–H and O–H groups in total. The quantitative estimate of drug-likeness (QED) is 0.711. The summed E-state index contributed by atoms with van der Waals surface area (Å²) in [5.41, 5.74) is 2.68. The Labute approximate surface area is 132 Å². The van der Waals surface area contributed by atoms with Crippen LogP contribution < -0.4 is 5.32 Å². The Morgan fingerprint density at radius 2 is 1.53 bits per heavy atom. The standard InChI is InChI=1S/C14H11Cl4N/c1-19-7-8-4-2-3-5-9(8)12-13(17)10(15)6-11(16)14(12)18/h2-6,19H,7H2,1H3. The second kappa shape index (κ2) is 6.34. The van der Waals surface area contributed by atoms with Crippen molar-refractivity contribution in [2.24, 2.45) is 0 Å². The van der Waals surface area contributed by atoms with E-state index in [-0.39, 0.29) is 0 Å². The van der Waals surface area contributed by atoms with Gasteiger partial charge in [0.25, 0.3) is 0 Å². The van der Waals surface area contributed by atoms with Gasteiger partial charge in [0, 0.05) is 12.1 Å². The Morgan fingerprint density at radius 1 is 0.947 bits per heavy atom. The zero-order valence-corrected chi connectivity index (χ0v) is 13.1. The van der Waals surface area contributed by atoms with Gasteiger partial charge in [0.1, 0.15) is 0 Å². The highest BCUT2D eigenvalue weighted by Gasteiger charge is 2.17. The maximum absolute atomic E-state index is 6.28. The lowest BCUT2D eigenvalue weighted by molar-refractivity contribution is 0.819. The molecule has 0 fully saturated rings. The van der Waals surface area contributed by atoms with Gasteiger partial charge in [-0.2, -0.15) is 0 Å². The summed E-state index contributed by atoms with van der Waals surface area (Å²) in [5, 5.41) is 4.73. The third kappa shape index (κ3) is 3.01. The van der Waals surface area contributed by atoms with Crippen LogP contribution in [0.1, 0.15) is 5.56 Å². The van der Waals surface area contributed by atoms with E-state index in [0.29, 0.717) is 32.2 Å². The molecule has 0 aliphatic rings. The molecule has 0 bridgehead atoms. The number of halogens is 4. The third-order valence-electron chi connectivity index (χ3n) is 2.77. The first-order valence-corrected chi connectivity index (χ1v) is 7.13. The molecule has 0 amide bonds. The Morgan fingerprint density at radius 3 is 2.11 bits per heavy atom. The molecule has 5 heteroatoms. The van der Waals surface area contributed by atoms with E-state index in [1.165, 1.54) is 0 Å². The Balaban J connectivity index is 2.72. The second-order valence-corrected chi connectivity index (χ2v) is 5.60. The monoisotopic (exact) mass is 333 g/mol. The van der Waals surface area contributed by atoms with E-state index >= 15 is 0 Å². The zero-order chi connectivity index (χ0) is 14.0. The number of hydrogen-bond acceptors (Lipinski definition) is 1. The van der Waals surface area contributed by atoms with Crippen molar-refractivity contribution < 1.29 is 0 Å². The fourth-order valence-corrected chi connectivity index (χ4v) is 2.93. The molecular weight excluding hydrogens is 324 g/mol. The molecular formula is C14H11Cl4N. The molecule has 0 aromatic heterocycles. The molecule has 0 unspecified atom stereocenters.